The predicted octanol–water partition coefficient (Wildman–Crippen LogP) is 17.2. The molecule has 63 heavy (non-hydrogen) atoms. The second kappa shape index (κ2) is 14.2. The topological polar surface area (TPSA) is 4.93 Å². The van der Waals surface area contributed by atoms with Gasteiger partial charge in [0.05, 0.1) is 16.9 Å². The molecule has 13 aromatic rings. The van der Waals surface area contributed by atoms with Crippen molar-refractivity contribution in [3.8, 4) is 50.3 Å². The molecular weight excluding hydrogens is 759 g/mol. The van der Waals surface area contributed by atoms with E-state index in [1.807, 2.05) is 0 Å². The smallest absolute Gasteiger partial charge is 0.0627 e. The number of hydrogen-bond donors (Lipinski definition) is 0. The van der Waals surface area contributed by atoms with Gasteiger partial charge in [0, 0.05) is 32.5 Å². The molecule has 13 rings (SSSR count). The summed E-state index contributed by atoms with van der Waals surface area (Å²) in [7, 11) is 0. The van der Waals surface area contributed by atoms with Gasteiger partial charge in [-0.1, -0.05) is 231 Å². The van der Waals surface area contributed by atoms with Crippen LogP contribution in [0.25, 0.3) is 126 Å². The third-order valence-electron chi connectivity index (χ3n) is 13.3. The highest BCUT2D eigenvalue weighted by molar-refractivity contribution is 6.37. The standard InChI is InChI=1S/C62H39N/c1-4-22-41(23-5-1)56-49-33-15-18-36-52(49)61(53-37-19-16-34-50(53)56)63-60(43-26-8-3-9-27-43)57(42-24-6-2-7-25-42)59-58-48-32-14-12-30-46(48)54(45-38-20-28-40-21-10-11-29-44(40)45)39-55(58)47-31-13-17-35-51(47)62(59)63/h1-39H. The predicted molar refractivity (Wildman–Crippen MR) is 270 cm³/mol. The molecule has 0 radical (unpaired) electrons. The first-order valence-electron chi connectivity index (χ1n) is 21.9. The fraction of sp³-hybridized carbons (Fsp3) is 0. The van der Waals surface area contributed by atoms with Crippen LogP contribution in [0.15, 0.2) is 237 Å². The van der Waals surface area contributed by atoms with Crippen LogP contribution in [0.4, 0.5) is 0 Å². The van der Waals surface area contributed by atoms with E-state index in [0.29, 0.717) is 0 Å². The third kappa shape index (κ3) is 5.30. The van der Waals surface area contributed by atoms with Crippen LogP contribution < -0.4 is 0 Å². The van der Waals surface area contributed by atoms with Crippen molar-refractivity contribution in [3.05, 3.63) is 237 Å². The van der Waals surface area contributed by atoms with Crippen LogP contribution >= 0.6 is 0 Å². The van der Waals surface area contributed by atoms with Crippen LogP contribution in [0.1, 0.15) is 0 Å². The van der Waals surface area contributed by atoms with Crippen LogP contribution in [0.3, 0.4) is 0 Å². The zero-order valence-corrected chi connectivity index (χ0v) is 34.5. The van der Waals surface area contributed by atoms with E-state index < -0.39 is 0 Å². The van der Waals surface area contributed by atoms with Gasteiger partial charge in [-0.25, -0.2) is 0 Å². The van der Waals surface area contributed by atoms with Crippen molar-refractivity contribution in [2.75, 3.05) is 0 Å². The van der Waals surface area contributed by atoms with Crippen LogP contribution in [-0.2, 0) is 0 Å². The summed E-state index contributed by atoms with van der Waals surface area (Å²) in [6.07, 6.45) is 0. The molecular formula is C62H39N. The molecule has 0 aliphatic carbocycles. The molecule has 0 saturated heterocycles. The second-order valence-corrected chi connectivity index (χ2v) is 16.7. The maximum absolute atomic E-state index is 2.65. The van der Waals surface area contributed by atoms with Crippen molar-refractivity contribution in [1.29, 1.82) is 0 Å². The number of benzene rings is 12. The molecule has 0 N–H and O–H groups in total. The van der Waals surface area contributed by atoms with Crippen LogP contribution in [0.2, 0.25) is 0 Å². The van der Waals surface area contributed by atoms with Crippen LogP contribution in [0.5, 0.6) is 0 Å². The van der Waals surface area contributed by atoms with Crippen molar-refractivity contribution in [2.45, 2.75) is 0 Å². The minimum absolute atomic E-state index is 1.17. The van der Waals surface area contributed by atoms with Gasteiger partial charge in [0.1, 0.15) is 0 Å². The summed E-state index contributed by atoms with van der Waals surface area (Å²) in [4.78, 5) is 0. The summed E-state index contributed by atoms with van der Waals surface area (Å²) in [5, 5.41) is 16.1. The van der Waals surface area contributed by atoms with E-state index in [1.54, 1.807) is 0 Å². The van der Waals surface area contributed by atoms with E-state index in [2.05, 4.69) is 241 Å². The van der Waals surface area contributed by atoms with Gasteiger partial charge < -0.3 is 4.57 Å². The highest BCUT2D eigenvalue weighted by Crippen LogP contribution is 2.53. The largest absolute Gasteiger partial charge is 0.307 e. The van der Waals surface area contributed by atoms with Crippen molar-refractivity contribution in [3.63, 3.8) is 0 Å². The van der Waals surface area contributed by atoms with Gasteiger partial charge in [0.15, 0.2) is 0 Å². The quantitative estimate of drug-likeness (QED) is 0.121. The molecule has 1 aromatic heterocycles. The van der Waals surface area contributed by atoms with Crippen molar-refractivity contribution >= 4 is 75.5 Å². The number of fused-ring (bicyclic) bond motifs is 11. The fourth-order valence-corrected chi connectivity index (χ4v) is 10.8. The van der Waals surface area contributed by atoms with Crippen molar-refractivity contribution in [2.24, 2.45) is 0 Å². The first kappa shape index (κ1) is 35.5. The normalized spacial score (nSPS) is 11.8. The van der Waals surface area contributed by atoms with E-state index in [0.717, 1.165) is 0 Å². The fourth-order valence-electron chi connectivity index (χ4n) is 10.8. The molecule has 0 spiro atoms. The third-order valence-corrected chi connectivity index (χ3v) is 13.3. The Morgan fingerprint density at radius 1 is 0.254 bits per heavy atom. The van der Waals surface area contributed by atoms with Gasteiger partial charge >= 0.3 is 0 Å². The minimum atomic E-state index is 1.17. The van der Waals surface area contributed by atoms with E-state index in [4.69, 9.17) is 0 Å². The first-order valence-corrected chi connectivity index (χ1v) is 21.9. The lowest BCUT2D eigenvalue weighted by atomic mass is 9.86. The van der Waals surface area contributed by atoms with E-state index in [-0.39, 0.29) is 0 Å². The Bertz CT molecular complexity index is 3870. The van der Waals surface area contributed by atoms with Gasteiger partial charge in [-0.05, 0) is 82.5 Å². The maximum atomic E-state index is 2.65. The number of aromatic nitrogens is 1. The molecule has 0 unspecified atom stereocenters. The molecule has 0 fully saturated rings. The van der Waals surface area contributed by atoms with Crippen molar-refractivity contribution in [1.82, 2.24) is 4.57 Å². The summed E-state index contributed by atoms with van der Waals surface area (Å²) < 4.78 is 2.65. The lowest BCUT2D eigenvalue weighted by molar-refractivity contribution is 1.17. The van der Waals surface area contributed by atoms with Crippen LogP contribution in [-0.4, -0.2) is 4.57 Å². The summed E-state index contributed by atoms with van der Waals surface area (Å²) in [6.45, 7) is 0. The average molecular weight is 798 g/mol. The number of hydrogen-bond acceptors (Lipinski definition) is 0. The SMILES string of the molecule is c1ccc(-c2c3ccccc3c(-n3c(-c4ccccc4)c(-c4ccccc4)c4c5c6ccccc6c(-c6cccc7ccccc67)cc5c5ccccc5c43)c3ccccc23)cc1. The molecule has 1 heterocycles. The van der Waals surface area contributed by atoms with E-state index in [1.165, 1.54) is 126 Å². The van der Waals surface area contributed by atoms with Crippen LogP contribution in [0, 0.1) is 0 Å². The first-order chi connectivity index (χ1) is 31.3. The Hall–Kier alpha value is -8.26. The molecule has 0 aliphatic rings. The molecule has 0 bridgehead atoms. The molecule has 0 amide bonds. The van der Waals surface area contributed by atoms with Gasteiger partial charge in [-0.15, -0.1) is 0 Å². The Morgan fingerprint density at radius 2 is 0.714 bits per heavy atom. The molecule has 0 saturated carbocycles. The Morgan fingerprint density at radius 3 is 1.35 bits per heavy atom. The lowest BCUT2D eigenvalue weighted by Gasteiger charge is -2.22. The van der Waals surface area contributed by atoms with E-state index >= 15 is 0 Å². The summed E-state index contributed by atoms with van der Waals surface area (Å²) >= 11 is 0. The van der Waals surface area contributed by atoms with Gasteiger partial charge in [-0.2, -0.15) is 0 Å². The monoisotopic (exact) mass is 797 g/mol. The lowest BCUT2D eigenvalue weighted by Crippen LogP contribution is -2.02. The van der Waals surface area contributed by atoms with Gasteiger partial charge in [0.25, 0.3) is 0 Å². The van der Waals surface area contributed by atoms with Crippen molar-refractivity contribution < 1.29 is 0 Å². The molecule has 12 aromatic carbocycles. The second-order valence-electron chi connectivity index (χ2n) is 16.7. The zero-order chi connectivity index (χ0) is 41.4. The molecule has 0 aliphatic heterocycles. The highest BCUT2D eigenvalue weighted by Gasteiger charge is 2.29. The average Bonchev–Trinajstić information content (AvgIpc) is 3.71. The Labute approximate surface area is 365 Å². The highest BCUT2D eigenvalue weighted by atomic mass is 15.0. The zero-order valence-electron chi connectivity index (χ0n) is 34.5. The summed E-state index contributed by atoms with van der Waals surface area (Å²) in [6, 6.07) is 87.4. The molecule has 0 atom stereocenters. The maximum Gasteiger partial charge on any atom is 0.0627 e. The summed E-state index contributed by atoms with van der Waals surface area (Å²) in [5.74, 6) is 0. The molecule has 1 heteroatoms. The molecule has 1 nitrogen and oxygen atoms in total. The van der Waals surface area contributed by atoms with Gasteiger partial charge in [-0.3, -0.25) is 0 Å². The minimum Gasteiger partial charge on any atom is -0.307 e. The molecule has 292 valence electrons. The van der Waals surface area contributed by atoms with E-state index in [9.17, 15) is 0 Å². The summed E-state index contributed by atoms with van der Waals surface area (Å²) in [5.41, 5.74) is 12.1. The Kier molecular flexibility index (Phi) is 7.98. The van der Waals surface area contributed by atoms with Gasteiger partial charge in [0.2, 0.25) is 0 Å². The number of rotatable bonds is 5. The number of nitrogens with zero attached hydrogens (tertiary/aromatic N) is 1. The Balaban J connectivity index is 1.32.